The van der Waals surface area contributed by atoms with E-state index in [9.17, 15) is 0 Å². The van der Waals surface area contributed by atoms with Crippen molar-refractivity contribution in [1.82, 2.24) is 15.1 Å². The summed E-state index contributed by atoms with van der Waals surface area (Å²) in [7, 11) is 4.14. The summed E-state index contributed by atoms with van der Waals surface area (Å²) in [6.07, 6.45) is 6.58. The van der Waals surface area contributed by atoms with Crippen molar-refractivity contribution in [2.24, 2.45) is 16.3 Å². The predicted molar refractivity (Wildman–Crippen MR) is 106 cm³/mol. The van der Waals surface area contributed by atoms with Crippen LogP contribution in [0.4, 0.5) is 0 Å². The van der Waals surface area contributed by atoms with Crippen molar-refractivity contribution in [3.8, 4) is 0 Å². The minimum Gasteiger partial charge on any atom is -0.356 e. The van der Waals surface area contributed by atoms with Crippen LogP contribution in [0.5, 0.6) is 0 Å². The summed E-state index contributed by atoms with van der Waals surface area (Å²) in [5, 5.41) is 3.63. The summed E-state index contributed by atoms with van der Waals surface area (Å²) < 4.78 is 0. The van der Waals surface area contributed by atoms with Gasteiger partial charge in [-0.3, -0.25) is 4.99 Å². The van der Waals surface area contributed by atoms with E-state index in [1.165, 1.54) is 45.2 Å². The Kier molecular flexibility index (Phi) is 8.46. The van der Waals surface area contributed by atoms with E-state index in [1.807, 2.05) is 7.05 Å². The minimum absolute atomic E-state index is 0. The third-order valence-electron chi connectivity index (χ3n) is 5.18. The van der Waals surface area contributed by atoms with Gasteiger partial charge >= 0.3 is 0 Å². The summed E-state index contributed by atoms with van der Waals surface area (Å²) in [6.45, 7) is 10.6. The molecule has 0 bridgehead atoms. The summed E-state index contributed by atoms with van der Waals surface area (Å²) >= 11 is 0. The number of likely N-dealkylation sites (tertiary alicyclic amines) is 2. The number of hydrogen-bond acceptors (Lipinski definition) is 2. The monoisotopic (exact) mass is 422 g/mol. The van der Waals surface area contributed by atoms with Crippen LogP contribution in [-0.2, 0) is 0 Å². The van der Waals surface area contributed by atoms with E-state index in [-0.39, 0.29) is 24.0 Å². The van der Waals surface area contributed by atoms with Gasteiger partial charge in [0.1, 0.15) is 0 Å². The van der Waals surface area contributed by atoms with Crippen molar-refractivity contribution >= 4 is 29.9 Å². The average molecular weight is 422 g/mol. The van der Waals surface area contributed by atoms with Gasteiger partial charge in [-0.1, -0.05) is 20.3 Å². The van der Waals surface area contributed by atoms with E-state index in [4.69, 9.17) is 0 Å². The van der Waals surface area contributed by atoms with E-state index < -0.39 is 0 Å². The maximum Gasteiger partial charge on any atom is 0.193 e. The van der Waals surface area contributed by atoms with Gasteiger partial charge in [-0.05, 0) is 50.6 Å². The molecule has 5 heteroatoms. The number of rotatable bonds is 4. The molecule has 1 N–H and O–H groups in total. The van der Waals surface area contributed by atoms with Crippen molar-refractivity contribution < 1.29 is 0 Å². The standard InChI is InChI=1S/C17H34N4.HI/c1-5-8-17(2)9-6-10-21(14-17)16(18-3)19-12-15-7-11-20(4)13-15;/h15H,5-14H2,1-4H3,(H,18,19);1H. The lowest BCUT2D eigenvalue weighted by Crippen LogP contribution is -2.50. The maximum atomic E-state index is 4.54. The molecule has 0 aromatic heterocycles. The van der Waals surface area contributed by atoms with Crippen LogP contribution in [0.1, 0.15) is 46.0 Å². The fraction of sp³-hybridized carbons (Fsp3) is 0.941. The van der Waals surface area contributed by atoms with Gasteiger partial charge in [0.15, 0.2) is 5.96 Å². The van der Waals surface area contributed by atoms with Gasteiger partial charge in [-0.2, -0.15) is 0 Å². The Labute approximate surface area is 154 Å². The maximum absolute atomic E-state index is 4.54. The first-order valence-corrected chi connectivity index (χ1v) is 8.70. The highest BCUT2D eigenvalue weighted by molar-refractivity contribution is 14.0. The molecule has 0 aromatic rings. The molecule has 22 heavy (non-hydrogen) atoms. The number of guanidine groups is 1. The molecule has 4 nitrogen and oxygen atoms in total. The van der Waals surface area contributed by atoms with Crippen molar-refractivity contribution in [2.45, 2.75) is 46.0 Å². The zero-order valence-corrected chi connectivity index (χ0v) is 17.2. The van der Waals surface area contributed by atoms with Gasteiger partial charge in [0.25, 0.3) is 0 Å². The van der Waals surface area contributed by atoms with Crippen molar-refractivity contribution in [2.75, 3.05) is 46.8 Å². The third-order valence-corrected chi connectivity index (χ3v) is 5.18. The van der Waals surface area contributed by atoms with E-state index in [0.29, 0.717) is 5.41 Å². The van der Waals surface area contributed by atoms with E-state index >= 15 is 0 Å². The van der Waals surface area contributed by atoms with E-state index in [0.717, 1.165) is 31.5 Å². The summed E-state index contributed by atoms with van der Waals surface area (Å²) in [5.74, 6) is 1.89. The quantitative estimate of drug-likeness (QED) is 0.429. The van der Waals surface area contributed by atoms with Crippen molar-refractivity contribution in [3.63, 3.8) is 0 Å². The molecule has 0 amide bonds. The number of nitrogens with zero attached hydrogens (tertiary/aromatic N) is 3. The molecular weight excluding hydrogens is 387 g/mol. The van der Waals surface area contributed by atoms with Crippen LogP contribution in [0.3, 0.4) is 0 Å². The van der Waals surface area contributed by atoms with Crippen LogP contribution in [0.2, 0.25) is 0 Å². The molecular formula is C17H35IN4. The smallest absolute Gasteiger partial charge is 0.193 e. The fourth-order valence-electron chi connectivity index (χ4n) is 4.06. The predicted octanol–water partition coefficient (Wildman–Crippen LogP) is 3.03. The van der Waals surface area contributed by atoms with Crippen LogP contribution in [-0.4, -0.2) is 62.6 Å². The molecule has 2 saturated heterocycles. The summed E-state index contributed by atoms with van der Waals surface area (Å²) in [5.41, 5.74) is 0.470. The highest BCUT2D eigenvalue weighted by Crippen LogP contribution is 2.33. The molecule has 2 aliphatic rings. The molecule has 0 aromatic carbocycles. The molecule has 2 aliphatic heterocycles. The molecule has 2 fully saturated rings. The van der Waals surface area contributed by atoms with Gasteiger partial charge in [-0.25, -0.2) is 0 Å². The lowest BCUT2D eigenvalue weighted by Gasteiger charge is -2.42. The zero-order chi connectivity index (χ0) is 15.3. The van der Waals surface area contributed by atoms with Gasteiger partial charge in [0.05, 0.1) is 0 Å². The van der Waals surface area contributed by atoms with Crippen LogP contribution < -0.4 is 5.32 Å². The molecule has 130 valence electrons. The first-order chi connectivity index (χ1) is 10.1. The van der Waals surface area contributed by atoms with Gasteiger partial charge in [0.2, 0.25) is 0 Å². The minimum atomic E-state index is 0. The van der Waals surface area contributed by atoms with E-state index in [1.54, 1.807) is 0 Å². The zero-order valence-electron chi connectivity index (χ0n) is 14.9. The Bertz CT molecular complexity index is 357. The van der Waals surface area contributed by atoms with Crippen molar-refractivity contribution in [1.29, 1.82) is 0 Å². The number of hydrogen-bond donors (Lipinski definition) is 1. The van der Waals surface area contributed by atoms with Gasteiger partial charge < -0.3 is 15.1 Å². The first-order valence-electron chi connectivity index (χ1n) is 8.70. The Morgan fingerprint density at radius 2 is 2.14 bits per heavy atom. The van der Waals surface area contributed by atoms with Gasteiger partial charge in [0, 0.05) is 33.2 Å². The molecule has 2 rings (SSSR count). The van der Waals surface area contributed by atoms with E-state index in [2.05, 4.69) is 41.0 Å². The SMILES string of the molecule is CCCC1(C)CCCN(C(=NC)NCC2CCN(C)C2)C1.I. The summed E-state index contributed by atoms with van der Waals surface area (Å²) in [4.78, 5) is 9.44. The van der Waals surface area contributed by atoms with Crippen molar-refractivity contribution in [3.05, 3.63) is 0 Å². The molecule has 0 spiro atoms. The second kappa shape index (κ2) is 9.30. The topological polar surface area (TPSA) is 30.9 Å². The molecule has 2 unspecified atom stereocenters. The molecule has 2 atom stereocenters. The normalized spacial score (nSPS) is 30.3. The van der Waals surface area contributed by atoms with Crippen LogP contribution in [0.25, 0.3) is 0 Å². The number of nitrogens with one attached hydrogen (secondary N) is 1. The highest BCUT2D eigenvalue weighted by atomic mass is 127. The molecule has 0 saturated carbocycles. The third kappa shape index (κ3) is 5.55. The Morgan fingerprint density at radius 1 is 1.36 bits per heavy atom. The molecule has 0 aliphatic carbocycles. The summed E-state index contributed by atoms with van der Waals surface area (Å²) in [6, 6.07) is 0. The first kappa shape index (κ1) is 20.0. The van der Waals surface area contributed by atoms with Crippen LogP contribution >= 0.6 is 24.0 Å². The van der Waals surface area contributed by atoms with Crippen LogP contribution in [0, 0.1) is 11.3 Å². The lowest BCUT2D eigenvalue weighted by atomic mass is 9.78. The molecule has 2 heterocycles. The Hall–Kier alpha value is -0.0400. The second-order valence-electron chi connectivity index (χ2n) is 7.43. The van der Waals surface area contributed by atoms with Gasteiger partial charge in [-0.15, -0.1) is 24.0 Å². The average Bonchev–Trinajstić information content (AvgIpc) is 2.85. The Morgan fingerprint density at radius 3 is 2.73 bits per heavy atom. The Balaban J connectivity index is 0.00000242. The lowest BCUT2D eigenvalue weighted by molar-refractivity contribution is 0.142. The number of aliphatic imine (C=N–C) groups is 1. The van der Waals surface area contributed by atoms with Crippen LogP contribution in [0.15, 0.2) is 4.99 Å². The largest absolute Gasteiger partial charge is 0.356 e. The number of piperidine rings is 1. The number of halogens is 1. The fourth-order valence-corrected chi connectivity index (χ4v) is 4.06. The second-order valence-corrected chi connectivity index (χ2v) is 7.43. The highest BCUT2D eigenvalue weighted by Gasteiger charge is 2.31. The molecule has 0 radical (unpaired) electrons.